The molecule has 0 saturated heterocycles. The molecule has 2 N–H and O–H groups in total. The Kier molecular flexibility index (Phi) is 8.88. The van der Waals surface area contributed by atoms with Gasteiger partial charge in [-0.2, -0.15) is 0 Å². The van der Waals surface area contributed by atoms with Crippen molar-refractivity contribution in [3.63, 3.8) is 0 Å². The van der Waals surface area contributed by atoms with Crippen LogP contribution in [-0.4, -0.2) is 47.1 Å². The summed E-state index contributed by atoms with van der Waals surface area (Å²) in [5.74, 6) is -0.482. The van der Waals surface area contributed by atoms with E-state index in [0.29, 0.717) is 18.5 Å². The first-order chi connectivity index (χ1) is 17.9. The Balaban J connectivity index is 1.44. The van der Waals surface area contributed by atoms with E-state index in [2.05, 4.69) is 26.3 Å². The normalized spacial score (nSPS) is 16.8. The van der Waals surface area contributed by atoms with E-state index in [1.54, 1.807) is 23.5 Å². The molecule has 37 heavy (non-hydrogen) atoms. The minimum atomic E-state index is -1.26. The summed E-state index contributed by atoms with van der Waals surface area (Å²) in [6.45, 7) is -0.605. The molecule has 2 aromatic carbocycles. The van der Waals surface area contributed by atoms with E-state index < -0.39 is 18.3 Å². The summed E-state index contributed by atoms with van der Waals surface area (Å²) in [5, 5.41) is 2.79. The van der Waals surface area contributed by atoms with Crippen molar-refractivity contribution >= 4 is 21.8 Å². The maximum atomic E-state index is 13.6. The molecular weight excluding hydrogens is 543 g/mol. The molecule has 10 heteroatoms. The fourth-order valence-electron chi connectivity index (χ4n) is 4.14. The smallest absolute Gasteiger partial charge is 0.275 e. The summed E-state index contributed by atoms with van der Waals surface area (Å²) in [6, 6.07) is 18.9. The molecule has 1 aromatic heterocycles. The SMILES string of the molecule is COCC1(C(=O)N(Cc2ccccc2Br)OCF)C=CN(Cc2ccc(Cc3ccc[nH]c3=O)cc2)N1. The van der Waals surface area contributed by atoms with E-state index in [1.165, 1.54) is 7.11 Å². The third-order valence-electron chi connectivity index (χ3n) is 6.01. The fourth-order valence-corrected chi connectivity index (χ4v) is 4.55. The first kappa shape index (κ1) is 26.7. The van der Waals surface area contributed by atoms with Gasteiger partial charge in [0.1, 0.15) is 0 Å². The topological polar surface area (TPSA) is 86.9 Å². The molecular formula is C27H28BrFN4O4. The van der Waals surface area contributed by atoms with Crippen LogP contribution in [0.3, 0.4) is 0 Å². The fraction of sp³-hybridized carbons (Fsp3) is 0.259. The molecule has 0 fully saturated rings. The second kappa shape index (κ2) is 12.3. The number of nitrogens with zero attached hydrogens (tertiary/aromatic N) is 2. The number of hydrogen-bond acceptors (Lipinski definition) is 6. The quantitative estimate of drug-likeness (QED) is 0.341. The summed E-state index contributed by atoms with van der Waals surface area (Å²) in [5.41, 5.74) is 5.32. The molecule has 1 aliphatic heterocycles. The summed E-state index contributed by atoms with van der Waals surface area (Å²) in [6.07, 6.45) is 5.61. The van der Waals surface area contributed by atoms with Gasteiger partial charge < -0.3 is 14.7 Å². The van der Waals surface area contributed by atoms with Crippen LogP contribution >= 0.6 is 15.9 Å². The Morgan fingerprint density at radius 1 is 1.08 bits per heavy atom. The molecule has 0 aliphatic carbocycles. The molecule has 0 radical (unpaired) electrons. The van der Waals surface area contributed by atoms with Gasteiger partial charge in [0.2, 0.25) is 6.86 Å². The largest absolute Gasteiger partial charge is 0.382 e. The number of hydrogen-bond donors (Lipinski definition) is 2. The van der Waals surface area contributed by atoms with Gasteiger partial charge in [0.15, 0.2) is 5.54 Å². The lowest BCUT2D eigenvalue weighted by molar-refractivity contribution is -0.211. The number of hydroxylamine groups is 2. The third kappa shape index (κ3) is 6.53. The number of benzene rings is 2. The van der Waals surface area contributed by atoms with Crippen LogP contribution < -0.4 is 11.0 Å². The average Bonchev–Trinajstić information content (AvgIpc) is 3.31. The summed E-state index contributed by atoms with van der Waals surface area (Å²) in [7, 11) is 1.50. The van der Waals surface area contributed by atoms with E-state index in [9.17, 15) is 14.0 Å². The Bertz CT molecular complexity index is 1300. The molecule has 1 amide bonds. The van der Waals surface area contributed by atoms with E-state index in [-0.39, 0.29) is 18.7 Å². The zero-order valence-electron chi connectivity index (χ0n) is 20.3. The van der Waals surface area contributed by atoms with E-state index in [1.807, 2.05) is 60.7 Å². The Hall–Kier alpha value is -3.31. The monoisotopic (exact) mass is 570 g/mol. The van der Waals surface area contributed by atoms with E-state index >= 15 is 0 Å². The van der Waals surface area contributed by atoms with Crippen LogP contribution in [-0.2, 0) is 33.9 Å². The predicted molar refractivity (Wildman–Crippen MR) is 140 cm³/mol. The van der Waals surface area contributed by atoms with Crippen molar-refractivity contribution in [1.82, 2.24) is 20.5 Å². The first-order valence-corrected chi connectivity index (χ1v) is 12.4. The maximum Gasteiger partial charge on any atom is 0.275 e. The van der Waals surface area contributed by atoms with Crippen molar-refractivity contribution in [2.75, 3.05) is 20.6 Å². The van der Waals surface area contributed by atoms with Crippen LogP contribution in [0.5, 0.6) is 0 Å². The summed E-state index contributed by atoms with van der Waals surface area (Å²) >= 11 is 3.46. The molecule has 0 spiro atoms. The number of H-pyrrole nitrogens is 1. The zero-order chi connectivity index (χ0) is 26.3. The highest BCUT2D eigenvalue weighted by Crippen LogP contribution is 2.24. The van der Waals surface area contributed by atoms with Gasteiger partial charge in [0.05, 0.1) is 19.7 Å². The number of hydrazine groups is 1. The van der Waals surface area contributed by atoms with Gasteiger partial charge in [-0.3, -0.25) is 9.59 Å². The highest BCUT2D eigenvalue weighted by molar-refractivity contribution is 9.10. The molecule has 3 aromatic rings. The second-order valence-corrected chi connectivity index (χ2v) is 9.50. The van der Waals surface area contributed by atoms with Gasteiger partial charge >= 0.3 is 0 Å². The number of carbonyl (C=O) groups excluding carboxylic acids is 1. The lowest BCUT2D eigenvalue weighted by Gasteiger charge is -2.33. The standard InChI is InChI=1S/C27H28BrFN4O4/c1-36-18-27(26(35)33(37-19-29)17-23-5-2-3-7-24(23)28)12-14-32(31-27)16-21-10-8-20(9-11-21)15-22-6-4-13-30-25(22)34/h2-14,31H,15-19H2,1H3,(H,30,34). The van der Waals surface area contributed by atoms with Gasteiger partial charge in [0, 0.05) is 36.0 Å². The van der Waals surface area contributed by atoms with Gasteiger partial charge in [-0.25, -0.2) is 19.7 Å². The maximum absolute atomic E-state index is 13.6. The molecule has 0 bridgehead atoms. The highest BCUT2D eigenvalue weighted by Gasteiger charge is 2.44. The second-order valence-electron chi connectivity index (χ2n) is 8.65. The summed E-state index contributed by atoms with van der Waals surface area (Å²) < 4.78 is 19.4. The van der Waals surface area contributed by atoms with Crippen molar-refractivity contribution in [2.45, 2.75) is 25.0 Å². The zero-order valence-corrected chi connectivity index (χ0v) is 21.9. The van der Waals surface area contributed by atoms with Crippen molar-refractivity contribution in [3.05, 3.63) is 116 Å². The van der Waals surface area contributed by atoms with Crippen LogP contribution in [0.2, 0.25) is 0 Å². The lowest BCUT2D eigenvalue weighted by atomic mass is 10.0. The predicted octanol–water partition coefficient (Wildman–Crippen LogP) is 3.83. The molecule has 1 atom stereocenters. The summed E-state index contributed by atoms with van der Waals surface area (Å²) in [4.78, 5) is 33.3. The average molecular weight is 571 g/mol. The van der Waals surface area contributed by atoms with Crippen molar-refractivity contribution in [1.29, 1.82) is 0 Å². The number of nitrogens with one attached hydrogen (secondary N) is 2. The minimum Gasteiger partial charge on any atom is -0.382 e. The lowest BCUT2D eigenvalue weighted by Crippen LogP contribution is -2.60. The molecule has 0 saturated carbocycles. The number of amides is 1. The molecule has 194 valence electrons. The van der Waals surface area contributed by atoms with Crippen LogP contribution in [0.4, 0.5) is 4.39 Å². The number of carbonyl (C=O) groups is 1. The number of pyridine rings is 1. The van der Waals surface area contributed by atoms with E-state index in [0.717, 1.165) is 26.2 Å². The molecule has 2 heterocycles. The van der Waals surface area contributed by atoms with Crippen LogP contribution in [0, 0.1) is 0 Å². The van der Waals surface area contributed by atoms with Crippen LogP contribution in [0.15, 0.2) is 88.4 Å². The number of aromatic amines is 1. The van der Waals surface area contributed by atoms with Crippen LogP contribution in [0.1, 0.15) is 22.3 Å². The minimum absolute atomic E-state index is 0.0193. The Morgan fingerprint density at radius 3 is 2.51 bits per heavy atom. The Labute approximate surface area is 222 Å². The molecule has 8 nitrogen and oxygen atoms in total. The van der Waals surface area contributed by atoms with Crippen molar-refractivity contribution in [3.8, 4) is 0 Å². The van der Waals surface area contributed by atoms with Crippen LogP contribution in [0.25, 0.3) is 0 Å². The van der Waals surface area contributed by atoms with Gasteiger partial charge in [-0.15, -0.1) is 0 Å². The number of alkyl halides is 1. The molecule has 1 unspecified atom stereocenters. The van der Waals surface area contributed by atoms with Gasteiger partial charge in [-0.1, -0.05) is 64.5 Å². The highest BCUT2D eigenvalue weighted by atomic mass is 79.9. The number of rotatable bonds is 11. The van der Waals surface area contributed by atoms with Crippen molar-refractivity contribution in [2.24, 2.45) is 0 Å². The molecule has 1 aliphatic rings. The number of methoxy groups -OCH3 is 1. The molecule has 4 rings (SSSR count). The van der Waals surface area contributed by atoms with Crippen molar-refractivity contribution < 1.29 is 18.8 Å². The number of halogens is 2. The number of ether oxygens (including phenoxy) is 1. The number of aromatic nitrogens is 1. The van der Waals surface area contributed by atoms with Gasteiger partial charge in [-0.05, 0) is 34.9 Å². The Morgan fingerprint density at radius 2 is 1.81 bits per heavy atom. The van der Waals surface area contributed by atoms with E-state index in [4.69, 9.17) is 9.57 Å². The third-order valence-corrected chi connectivity index (χ3v) is 6.78. The first-order valence-electron chi connectivity index (χ1n) is 11.7. The van der Waals surface area contributed by atoms with Gasteiger partial charge in [0.25, 0.3) is 11.5 Å².